The standard InChI is InChI=1S/C25H35F3N4O2S/c1-3-25(27,28)21-16-34-31-23(21)24(26)9-12-32(13-10-24)11-8-18-4-6-19(7-5-18)30-22(33)14-20-15-29-17(2)35-20/h15-16,18-19H,3-14H2,1-2H3,(H,30,33). The molecular weight excluding hydrogens is 477 g/mol. The van der Waals surface area contributed by atoms with E-state index in [0.29, 0.717) is 25.4 Å². The molecule has 1 saturated carbocycles. The van der Waals surface area contributed by atoms with Crippen molar-refractivity contribution in [3.8, 4) is 0 Å². The maximum atomic E-state index is 15.6. The Hall–Kier alpha value is -1.94. The number of likely N-dealkylation sites (tertiary alicyclic amines) is 1. The highest BCUT2D eigenvalue weighted by molar-refractivity contribution is 7.11. The Labute approximate surface area is 208 Å². The Balaban J connectivity index is 1.17. The van der Waals surface area contributed by atoms with Crippen molar-refractivity contribution in [3.63, 3.8) is 0 Å². The second-order valence-corrected chi connectivity index (χ2v) is 11.4. The molecule has 35 heavy (non-hydrogen) atoms. The highest BCUT2D eigenvalue weighted by Gasteiger charge is 2.46. The number of carbonyl (C=O) groups is 1. The van der Waals surface area contributed by atoms with Crippen LogP contribution in [0, 0.1) is 12.8 Å². The van der Waals surface area contributed by atoms with Crippen molar-refractivity contribution in [3.05, 3.63) is 33.6 Å². The molecule has 1 amide bonds. The molecule has 0 unspecified atom stereocenters. The van der Waals surface area contributed by atoms with Gasteiger partial charge in [0.05, 0.1) is 17.0 Å². The van der Waals surface area contributed by atoms with Crippen LogP contribution in [0.25, 0.3) is 0 Å². The van der Waals surface area contributed by atoms with Crippen LogP contribution >= 0.6 is 11.3 Å². The Kier molecular flexibility index (Phi) is 8.20. The van der Waals surface area contributed by atoms with Gasteiger partial charge in [0.25, 0.3) is 5.92 Å². The van der Waals surface area contributed by atoms with Gasteiger partial charge < -0.3 is 14.7 Å². The monoisotopic (exact) mass is 512 g/mol. The fourth-order valence-electron chi connectivity index (χ4n) is 5.26. The van der Waals surface area contributed by atoms with Crippen LogP contribution in [-0.4, -0.2) is 46.6 Å². The zero-order chi connectivity index (χ0) is 25.1. The first-order valence-electron chi connectivity index (χ1n) is 12.6. The predicted molar refractivity (Wildman–Crippen MR) is 128 cm³/mol. The first kappa shape index (κ1) is 26.1. The highest BCUT2D eigenvalue weighted by atomic mass is 32.1. The lowest BCUT2D eigenvalue weighted by Gasteiger charge is -2.37. The molecule has 0 spiro atoms. The molecule has 1 aliphatic heterocycles. The molecule has 10 heteroatoms. The lowest BCUT2D eigenvalue weighted by atomic mass is 9.83. The van der Waals surface area contributed by atoms with Crippen molar-refractivity contribution < 1.29 is 22.5 Å². The lowest BCUT2D eigenvalue weighted by molar-refractivity contribution is -0.121. The molecule has 1 saturated heterocycles. The predicted octanol–water partition coefficient (Wildman–Crippen LogP) is 5.51. The Morgan fingerprint density at radius 3 is 2.63 bits per heavy atom. The fraction of sp³-hybridized carbons (Fsp3) is 0.720. The van der Waals surface area contributed by atoms with Gasteiger partial charge in [0.1, 0.15) is 12.0 Å². The number of aromatic nitrogens is 2. The number of carbonyl (C=O) groups excluding carboxylic acids is 1. The number of alkyl halides is 3. The average Bonchev–Trinajstić information content (AvgIpc) is 3.50. The molecule has 3 heterocycles. The number of nitrogens with one attached hydrogen (secondary N) is 1. The number of hydrogen-bond donors (Lipinski definition) is 1. The van der Waals surface area contributed by atoms with Gasteiger partial charge in [-0.1, -0.05) is 12.1 Å². The zero-order valence-electron chi connectivity index (χ0n) is 20.5. The zero-order valence-corrected chi connectivity index (χ0v) is 21.3. The molecule has 6 nitrogen and oxygen atoms in total. The van der Waals surface area contributed by atoms with E-state index in [4.69, 9.17) is 4.52 Å². The minimum atomic E-state index is -3.13. The second kappa shape index (κ2) is 11.0. The van der Waals surface area contributed by atoms with E-state index in [1.54, 1.807) is 17.5 Å². The summed E-state index contributed by atoms with van der Waals surface area (Å²) >= 11 is 1.56. The molecule has 0 atom stereocenters. The summed E-state index contributed by atoms with van der Waals surface area (Å²) in [5.41, 5.74) is -2.51. The van der Waals surface area contributed by atoms with Gasteiger partial charge in [-0.15, -0.1) is 11.3 Å². The van der Waals surface area contributed by atoms with E-state index in [-0.39, 0.29) is 30.5 Å². The van der Waals surface area contributed by atoms with E-state index in [0.717, 1.165) is 54.8 Å². The Morgan fingerprint density at radius 2 is 2.00 bits per heavy atom. The number of thiazole rings is 1. The van der Waals surface area contributed by atoms with Crippen LogP contribution in [-0.2, 0) is 22.8 Å². The highest BCUT2D eigenvalue weighted by Crippen LogP contribution is 2.43. The average molecular weight is 513 g/mol. The molecular formula is C25H35F3N4O2S. The summed E-state index contributed by atoms with van der Waals surface area (Å²) in [5.74, 6) is -2.48. The van der Waals surface area contributed by atoms with E-state index in [2.05, 4.69) is 20.4 Å². The number of rotatable bonds is 9. The summed E-state index contributed by atoms with van der Waals surface area (Å²) in [7, 11) is 0. The van der Waals surface area contributed by atoms with Crippen LogP contribution < -0.4 is 5.32 Å². The van der Waals surface area contributed by atoms with Gasteiger partial charge in [-0.25, -0.2) is 18.2 Å². The lowest BCUT2D eigenvalue weighted by Crippen LogP contribution is -2.42. The maximum absolute atomic E-state index is 15.6. The first-order chi connectivity index (χ1) is 16.7. The number of hydrogen-bond acceptors (Lipinski definition) is 6. The van der Waals surface area contributed by atoms with Gasteiger partial charge in [-0.05, 0) is 51.5 Å². The van der Waals surface area contributed by atoms with Crippen LogP contribution in [0.4, 0.5) is 13.2 Å². The van der Waals surface area contributed by atoms with Crippen molar-refractivity contribution in [2.75, 3.05) is 19.6 Å². The number of piperidine rings is 1. The van der Waals surface area contributed by atoms with Crippen LogP contribution in [0.3, 0.4) is 0 Å². The van der Waals surface area contributed by atoms with Crippen LogP contribution in [0.1, 0.15) is 79.4 Å². The molecule has 0 bridgehead atoms. The third-order valence-electron chi connectivity index (χ3n) is 7.55. The van der Waals surface area contributed by atoms with Crippen molar-refractivity contribution >= 4 is 17.2 Å². The van der Waals surface area contributed by atoms with E-state index in [1.807, 2.05) is 6.92 Å². The van der Waals surface area contributed by atoms with Crippen LogP contribution in [0.5, 0.6) is 0 Å². The number of amides is 1. The molecule has 2 aliphatic rings. The summed E-state index contributed by atoms with van der Waals surface area (Å²) in [6.45, 7) is 5.22. The number of aryl methyl sites for hydroxylation is 1. The van der Waals surface area contributed by atoms with Crippen molar-refractivity contribution in [1.82, 2.24) is 20.4 Å². The fourth-order valence-corrected chi connectivity index (χ4v) is 6.06. The minimum Gasteiger partial charge on any atom is -0.364 e. The molecule has 4 rings (SSSR count). The van der Waals surface area contributed by atoms with Crippen molar-refractivity contribution in [2.45, 2.75) is 89.3 Å². The first-order valence-corrected chi connectivity index (χ1v) is 13.5. The second-order valence-electron chi connectivity index (χ2n) is 10.0. The van der Waals surface area contributed by atoms with E-state index in [1.165, 1.54) is 6.92 Å². The SMILES string of the molecule is CCC(F)(F)c1conc1C1(F)CCN(CCC2CCC(NC(=O)Cc3cnc(C)s3)CC2)CC1. The molecule has 194 valence electrons. The van der Waals surface area contributed by atoms with E-state index < -0.39 is 23.6 Å². The van der Waals surface area contributed by atoms with Gasteiger partial charge >= 0.3 is 0 Å². The van der Waals surface area contributed by atoms with E-state index in [9.17, 15) is 13.6 Å². The summed E-state index contributed by atoms with van der Waals surface area (Å²) in [6.07, 6.45) is 8.06. The minimum absolute atomic E-state index is 0.0621. The van der Waals surface area contributed by atoms with Crippen molar-refractivity contribution in [1.29, 1.82) is 0 Å². The maximum Gasteiger partial charge on any atom is 0.278 e. The quantitative estimate of drug-likeness (QED) is 0.480. The van der Waals surface area contributed by atoms with Gasteiger partial charge in [0.2, 0.25) is 5.91 Å². The van der Waals surface area contributed by atoms with Crippen molar-refractivity contribution in [2.24, 2.45) is 5.92 Å². The summed E-state index contributed by atoms with van der Waals surface area (Å²) in [5, 5.41) is 7.78. The van der Waals surface area contributed by atoms with Gasteiger partial charge in [-0.2, -0.15) is 0 Å². The molecule has 1 aliphatic carbocycles. The normalized spacial score (nSPS) is 23.3. The largest absolute Gasteiger partial charge is 0.364 e. The third-order valence-corrected chi connectivity index (χ3v) is 8.46. The van der Waals surface area contributed by atoms with E-state index >= 15 is 4.39 Å². The molecule has 2 aromatic rings. The summed E-state index contributed by atoms with van der Waals surface area (Å²) < 4.78 is 48.8. The Morgan fingerprint density at radius 1 is 1.29 bits per heavy atom. The summed E-state index contributed by atoms with van der Waals surface area (Å²) in [6, 6.07) is 0.229. The van der Waals surface area contributed by atoms with Gasteiger partial charge in [0, 0.05) is 49.5 Å². The molecule has 2 aromatic heterocycles. The summed E-state index contributed by atoms with van der Waals surface area (Å²) in [4.78, 5) is 19.7. The topological polar surface area (TPSA) is 71.3 Å². The Bertz CT molecular complexity index is 979. The van der Waals surface area contributed by atoms with Crippen LogP contribution in [0.15, 0.2) is 17.0 Å². The molecule has 2 fully saturated rings. The van der Waals surface area contributed by atoms with Crippen LogP contribution in [0.2, 0.25) is 0 Å². The smallest absolute Gasteiger partial charge is 0.278 e. The van der Waals surface area contributed by atoms with Gasteiger partial charge in [-0.3, -0.25) is 4.79 Å². The molecule has 0 radical (unpaired) electrons. The molecule has 1 N–H and O–H groups in total. The van der Waals surface area contributed by atoms with Gasteiger partial charge in [0.15, 0.2) is 5.67 Å². The number of nitrogens with zero attached hydrogens (tertiary/aromatic N) is 3. The number of halogens is 3. The third kappa shape index (κ3) is 6.44. The molecule has 0 aromatic carbocycles.